The average molecular weight is 287 g/mol. The van der Waals surface area contributed by atoms with Crippen LogP contribution in [0.3, 0.4) is 0 Å². The number of carbonyl (C=O) groups excluding carboxylic acids is 1. The lowest BCUT2D eigenvalue weighted by molar-refractivity contribution is 0.0740. The van der Waals surface area contributed by atoms with Crippen LogP contribution in [-0.2, 0) is 4.74 Å². The van der Waals surface area contributed by atoms with Crippen molar-refractivity contribution in [3.8, 4) is 11.8 Å². The number of aliphatic hydroxyl groups excluding tert-OH is 1. The van der Waals surface area contributed by atoms with Crippen molar-refractivity contribution in [2.45, 2.75) is 19.8 Å². The molecule has 0 aromatic heterocycles. The summed E-state index contributed by atoms with van der Waals surface area (Å²) in [4.78, 5) is 14.5. The fraction of sp³-hybridized carbons (Fsp3) is 0.471. The molecule has 4 heteroatoms. The third-order valence-corrected chi connectivity index (χ3v) is 3.45. The van der Waals surface area contributed by atoms with Crippen molar-refractivity contribution in [1.82, 2.24) is 4.90 Å². The van der Waals surface area contributed by atoms with Gasteiger partial charge < -0.3 is 14.7 Å². The molecule has 1 aliphatic heterocycles. The Bertz CT molecular complexity index is 549. The standard InChI is InChI=1S/C17H21NO3/c1-14-6-7-15(5-2-3-10-19)13-16(14)17(20)18-8-4-11-21-12-9-18/h6-7,13,19H,3-4,8-12H2,1H3. The summed E-state index contributed by atoms with van der Waals surface area (Å²) in [5.74, 6) is 5.90. The topological polar surface area (TPSA) is 49.8 Å². The molecule has 21 heavy (non-hydrogen) atoms. The molecule has 1 N–H and O–H groups in total. The Balaban J connectivity index is 2.19. The molecule has 1 fully saturated rings. The summed E-state index contributed by atoms with van der Waals surface area (Å²) in [5.41, 5.74) is 2.47. The minimum Gasteiger partial charge on any atom is -0.395 e. The van der Waals surface area contributed by atoms with Gasteiger partial charge in [0.2, 0.25) is 0 Å². The molecule has 0 bridgehead atoms. The van der Waals surface area contributed by atoms with Gasteiger partial charge in [0.05, 0.1) is 13.2 Å². The molecule has 2 rings (SSSR count). The lowest BCUT2D eigenvalue weighted by Crippen LogP contribution is -2.33. The van der Waals surface area contributed by atoms with E-state index in [1.165, 1.54) is 0 Å². The molecule has 0 spiro atoms. The smallest absolute Gasteiger partial charge is 0.254 e. The van der Waals surface area contributed by atoms with E-state index in [0.29, 0.717) is 25.1 Å². The normalized spacial score (nSPS) is 15.0. The van der Waals surface area contributed by atoms with Crippen molar-refractivity contribution in [1.29, 1.82) is 0 Å². The number of nitrogens with zero attached hydrogens (tertiary/aromatic N) is 1. The maximum atomic E-state index is 12.6. The molecule has 1 saturated heterocycles. The van der Waals surface area contributed by atoms with Crippen LogP contribution >= 0.6 is 0 Å². The average Bonchev–Trinajstić information content (AvgIpc) is 2.77. The van der Waals surface area contributed by atoms with Crippen LogP contribution in [-0.4, -0.2) is 48.8 Å². The highest BCUT2D eigenvalue weighted by atomic mass is 16.5. The fourth-order valence-corrected chi connectivity index (χ4v) is 2.27. The summed E-state index contributed by atoms with van der Waals surface area (Å²) in [6, 6.07) is 5.67. The van der Waals surface area contributed by atoms with Gasteiger partial charge >= 0.3 is 0 Å². The second-order valence-corrected chi connectivity index (χ2v) is 5.06. The van der Waals surface area contributed by atoms with Crippen molar-refractivity contribution in [3.63, 3.8) is 0 Å². The third kappa shape index (κ3) is 4.32. The quantitative estimate of drug-likeness (QED) is 0.840. The van der Waals surface area contributed by atoms with Gasteiger partial charge in [-0.25, -0.2) is 0 Å². The van der Waals surface area contributed by atoms with E-state index in [9.17, 15) is 4.79 Å². The highest BCUT2D eigenvalue weighted by Gasteiger charge is 2.19. The minimum absolute atomic E-state index is 0.0452. The number of benzene rings is 1. The molecule has 1 aromatic rings. The number of hydrogen-bond acceptors (Lipinski definition) is 3. The maximum absolute atomic E-state index is 12.6. The van der Waals surface area contributed by atoms with Crippen molar-refractivity contribution < 1.29 is 14.6 Å². The molecule has 1 aliphatic rings. The molecule has 112 valence electrons. The van der Waals surface area contributed by atoms with E-state index in [1.54, 1.807) is 0 Å². The number of aryl methyl sites for hydroxylation is 1. The van der Waals surface area contributed by atoms with Crippen molar-refractivity contribution in [2.75, 3.05) is 32.9 Å². The zero-order valence-electron chi connectivity index (χ0n) is 12.4. The molecule has 0 saturated carbocycles. The van der Waals surface area contributed by atoms with Crippen LogP contribution in [0.4, 0.5) is 0 Å². The van der Waals surface area contributed by atoms with E-state index in [2.05, 4.69) is 11.8 Å². The minimum atomic E-state index is 0.0452. The molecule has 0 radical (unpaired) electrons. The zero-order valence-corrected chi connectivity index (χ0v) is 12.4. The number of hydrogen-bond donors (Lipinski definition) is 1. The van der Waals surface area contributed by atoms with Crippen LogP contribution in [0, 0.1) is 18.8 Å². The van der Waals surface area contributed by atoms with Crippen molar-refractivity contribution in [3.05, 3.63) is 34.9 Å². The van der Waals surface area contributed by atoms with Gasteiger partial charge in [-0.2, -0.15) is 0 Å². The number of ether oxygens (including phenoxy) is 1. The van der Waals surface area contributed by atoms with Crippen LogP contribution in [0.25, 0.3) is 0 Å². The van der Waals surface area contributed by atoms with Crippen molar-refractivity contribution >= 4 is 5.91 Å². The van der Waals surface area contributed by atoms with E-state index in [4.69, 9.17) is 9.84 Å². The van der Waals surface area contributed by atoms with E-state index in [0.717, 1.165) is 30.7 Å². The second kappa shape index (κ2) is 7.82. The summed E-state index contributed by atoms with van der Waals surface area (Å²) in [5, 5.41) is 8.75. The van der Waals surface area contributed by atoms with Gasteiger partial charge in [-0.3, -0.25) is 4.79 Å². The van der Waals surface area contributed by atoms with Gasteiger partial charge in [0.1, 0.15) is 0 Å². The summed E-state index contributed by atoms with van der Waals surface area (Å²) < 4.78 is 5.39. The SMILES string of the molecule is Cc1ccc(C#CCCO)cc1C(=O)N1CCCOCC1. The highest BCUT2D eigenvalue weighted by molar-refractivity contribution is 5.96. The van der Waals surface area contributed by atoms with Gasteiger partial charge in [0, 0.05) is 37.2 Å². The van der Waals surface area contributed by atoms with Crippen LogP contribution < -0.4 is 0 Å². The monoisotopic (exact) mass is 287 g/mol. The predicted octanol–water partition coefficient (Wildman–Crippen LogP) is 1.59. The molecule has 1 amide bonds. The van der Waals surface area contributed by atoms with E-state index in [-0.39, 0.29) is 12.5 Å². The van der Waals surface area contributed by atoms with Gasteiger partial charge in [-0.1, -0.05) is 17.9 Å². The molecule has 1 aromatic carbocycles. The first-order valence-corrected chi connectivity index (χ1v) is 7.30. The maximum Gasteiger partial charge on any atom is 0.254 e. The third-order valence-electron chi connectivity index (χ3n) is 3.45. The summed E-state index contributed by atoms with van der Waals surface area (Å²) in [6.45, 7) is 4.68. The zero-order chi connectivity index (χ0) is 15.1. The molecule has 4 nitrogen and oxygen atoms in total. The Kier molecular flexibility index (Phi) is 5.79. The lowest BCUT2D eigenvalue weighted by Gasteiger charge is -2.20. The van der Waals surface area contributed by atoms with Crippen LogP contribution in [0.1, 0.15) is 34.3 Å². The van der Waals surface area contributed by atoms with Gasteiger partial charge in [-0.05, 0) is 31.0 Å². The number of rotatable bonds is 2. The van der Waals surface area contributed by atoms with Gasteiger partial charge in [0.25, 0.3) is 5.91 Å². The Hall–Kier alpha value is -1.83. The van der Waals surface area contributed by atoms with Gasteiger partial charge in [0.15, 0.2) is 0 Å². The van der Waals surface area contributed by atoms with E-state index >= 15 is 0 Å². The molecule has 0 atom stereocenters. The predicted molar refractivity (Wildman–Crippen MR) is 81.1 cm³/mol. The Morgan fingerprint density at radius 1 is 1.38 bits per heavy atom. The highest BCUT2D eigenvalue weighted by Crippen LogP contribution is 2.15. The largest absolute Gasteiger partial charge is 0.395 e. The first-order chi connectivity index (χ1) is 10.2. The molecular weight excluding hydrogens is 266 g/mol. The first-order valence-electron chi connectivity index (χ1n) is 7.30. The van der Waals surface area contributed by atoms with Crippen LogP contribution in [0.15, 0.2) is 18.2 Å². The van der Waals surface area contributed by atoms with Crippen LogP contribution in [0.2, 0.25) is 0 Å². The number of aliphatic hydroxyl groups is 1. The van der Waals surface area contributed by atoms with E-state index < -0.39 is 0 Å². The van der Waals surface area contributed by atoms with Crippen LogP contribution in [0.5, 0.6) is 0 Å². The van der Waals surface area contributed by atoms with Crippen molar-refractivity contribution in [2.24, 2.45) is 0 Å². The van der Waals surface area contributed by atoms with E-state index in [1.807, 2.05) is 30.0 Å². The lowest BCUT2D eigenvalue weighted by atomic mass is 10.0. The second-order valence-electron chi connectivity index (χ2n) is 5.06. The molecular formula is C17H21NO3. The molecule has 0 aliphatic carbocycles. The van der Waals surface area contributed by atoms with Gasteiger partial charge in [-0.15, -0.1) is 0 Å². The fourth-order valence-electron chi connectivity index (χ4n) is 2.27. The molecule has 0 unspecified atom stereocenters. The molecule has 1 heterocycles. The summed E-state index contributed by atoms with van der Waals surface area (Å²) in [7, 11) is 0. The number of amides is 1. The Labute approximate surface area is 125 Å². The Morgan fingerprint density at radius 2 is 2.24 bits per heavy atom. The summed E-state index contributed by atoms with van der Waals surface area (Å²) >= 11 is 0. The Morgan fingerprint density at radius 3 is 3.05 bits per heavy atom. The number of carbonyl (C=O) groups is 1. The first kappa shape index (κ1) is 15.6. The summed E-state index contributed by atoms with van der Waals surface area (Å²) in [6.07, 6.45) is 1.32.